The molecule has 3 aliphatic rings. The van der Waals surface area contributed by atoms with E-state index in [1.54, 1.807) is 0 Å². The van der Waals surface area contributed by atoms with Crippen LogP contribution in [0.25, 0.3) is 21.5 Å². The van der Waals surface area contributed by atoms with Gasteiger partial charge in [0.25, 0.3) is 0 Å². The number of hydrogen-bond donors (Lipinski definition) is 6. The number of aliphatic hydroxyl groups excluding tert-OH is 2. The second kappa shape index (κ2) is 9.02. The van der Waals surface area contributed by atoms with Crippen molar-refractivity contribution in [3.8, 4) is 0 Å². The standard InChI is InChI=1S/C34H40N4O2/c1-5-33(6-2)35-23-13-9-11-19-15-17-21(29(37-33)25(19)23)27-31(39)28(32(27)40)22-18-16-20-12-10-14-24-26(20)30(22)38-34(7-3,8-4)36-24/h9-18,27-28,31-32,35-40H,5-8H2,1-4H3. The van der Waals surface area contributed by atoms with Crippen LogP contribution in [0.1, 0.15) is 76.3 Å². The molecular formula is C34H40N4O2. The predicted molar refractivity (Wildman–Crippen MR) is 167 cm³/mol. The van der Waals surface area contributed by atoms with Crippen LogP contribution in [0.5, 0.6) is 0 Å². The van der Waals surface area contributed by atoms with Gasteiger partial charge in [-0.15, -0.1) is 0 Å². The Labute approximate surface area is 236 Å². The highest BCUT2D eigenvalue weighted by Gasteiger charge is 2.53. The smallest absolute Gasteiger partial charge is 0.107 e. The lowest BCUT2D eigenvalue weighted by Gasteiger charge is -2.50. The number of aliphatic hydroxyl groups is 2. The summed E-state index contributed by atoms with van der Waals surface area (Å²) in [6.07, 6.45) is 2.22. The molecule has 0 radical (unpaired) electrons. The predicted octanol–water partition coefficient (Wildman–Crippen LogP) is 7.30. The molecule has 40 heavy (non-hydrogen) atoms. The van der Waals surface area contributed by atoms with Crippen LogP contribution in [0, 0.1) is 0 Å². The van der Waals surface area contributed by atoms with Crippen LogP contribution < -0.4 is 21.3 Å². The Kier molecular flexibility index (Phi) is 5.74. The van der Waals surface area contributed by atoms with E-state index in [4.69, 9.17) is 0 Å². The van der Waals surface area contributed by atoms with Crippen molar-refractivity contribution in [2.75, 3.05) is 21.3 Å². The van der Waals surface area contributed by atoms with Crippen molar-refractivity contribution >= 4 is 44.3 Å². The summed E-state index contributed by atoms with van der Waals surface area (Å²) in [5.74, 6) is -0.757. The Bertz CT molecular complexity index is 1490. The number of anilines is 4. The SMILES string of the molecule is CCC1(CC)Nc2cccc3ccc(C4C(O)C(c5ccc6cccc7c6c5NC(CC)(CC)N7)C4O)c(c23)N1. The molecule has 6 N–H and O–H groups in total. The Morgan fingerprint density at radius 2 is 0.950 bits per heavy atom. The third-order valence-corrected chi connectivity index (χ3v) is 10.2. The first-order valence-electron chi connectivity index (χ1n) is 15.0. The molecule has 0 unspecified atom stereocenters. The number of benzene rings is 4. The fourth-order valence-electron chi connectivity index (χ4n) is 7.53. The molecule has 4 aromatic rings. The number of nitrogens with one attached hydrogen (secondary N) is 4. The first-order valence-corrected chi connectivity index (χ1v) is 15.0. The molecule has 0 aromatic heterocycles. The highest BCUT2D eigenvalue weighted by atomic mass is 16.3. The molecule has 4 aromatic carbocycles. The van der Waals surface area contributed by atoms with Crippen LogP contribution in [0.2, 0.25) is 0 Å². The van der Waals surface area contributed by atoms with Crippen molar-refractivity contribution in [2.24, 2.45) is 0 Å². The fourth-order valence-corrected chi connectivity index (χ4v) is 7.53. The lowest BCUT2D eigenvalue weighted by atomic mass is 9.62. The summed E-state index contributed by atoms with van der Waals surface area (Å²) in [5, 5.41) is 43.4. The molecule has 0 atom stereocenters. The number of rotatable bonds is 6. The van der Waals surface area contributed by atoms with Gasteiger partial charge in [0, 0.05) is 45.4 Å². The summed E-state index contributed by atoms with van der Waals surface area (Å²) in [7, 11) is 0. The zero-order valence-electron chi connectivity index (χ0n) is 23.8. The van der Waals surface area contributed by atoms with Crippen molar-refractivity contribution in [1.82, 2.24) is 0 Å². The molecule has 1 aliphatic carbocycles. The van der Waals surface area contributed by atoms with Gasteiger partial charge in [0.05, 0.1) is 12.2 Å². The maximum Gasteiger partial charge on any atom is 0.107 e. The molecule has 0 saturated heterocycles. The summed E-state index contributed by atoms with van der Waals surface area (Å²) in [4.78, 5) is 0. The van der Waals surface area contributed by atoms with E-state index in [2.05, 4.69) is 110 Å². The van der Waals surface area contributed by atoms with E-state index in [1.165, 1.54) is 0 Å². The molecule has 2 heterocycles. The van der Waals surface area contributed by atoms with Gasteiger partial charge in [0.15, 0.2) is 0 Å². The second-order valence-corrected chi connectivity index (χ2v) is 12.0. The average Bonchev–Trinajstić information content (AvgIpc) is 2.99. The molecule has 6 nitrogen and oxygen atoms in total. The van der Waals surface area contributed by atoms with E-state index in [-0.39, 0.29) is 23.2 Å². The third-order valence-electron chi connectivity index (χ3n) is 10.2. The van der Waals surface area contributed by atoms with E-state index in [0.29, 0.717) is 0 Å². The summed E-state index contributed by atoms with van der Waals surface area (Å²) in [5.41, 5.74) is 5.74. The maximum atomic E-state index is 11.8. The minimum Gasteiger partial charge on any atom is -0.392 e. The topological polar surface area (TPSA) is 88.6 Å². The molecule has 0 amide bonds. The van der Waals surface area contributed by atoms with Gasteiger partial charge in [-0.25, -0.2) is 0 Å². The van der Waals surface area contributed by atoms with Gasteiger partial charge in [-0.2, -0.15) is 0 Å². The lowest BCUT2D eigenvalue weighted by molar-refractivity contribution is -0.0780. The second-order valence-electron chi connectivity index (χ2n) is 12.0. The first kappa shape index (κ1) is 25.5. The Balaban J connectivity index is 1.32. The van der Waals surface area contributed by atoms with Gasteiger partial charge in [-0.3, -0.25) is 0 Å². The van der Waals surface area contributed by atoms with Gasteiger partial charge in [0.2, 0.25) is 0 Å². The van der Waals surface area contributed by atoms with Crippen molar-refractivity contribution in [2.45, 2.75) is 88.7 Å². The van der Waals surface area contributed by atoms with E-state index in [9.17, 15) is 10.2 Å². The molecular weight excluding hydrogens is 496 g/mol. The Morgan fingerprint density at radius 1 is 0.550 bits per heavy atom. The summed E-state index contributed by atoms with van der Waals surface area (Å²) < 4.78 is 0. The number of hydrogen-bond acceptors (Lipinski definition) is 6. The largest absolute Gasteiger partial charge is 0.392 e. The summed E-state index contributed by atoms with van der Waals surface area (Å²) in [6.45, 7) is 8.76. The molecule has 1 saturated carbocycles. The maximum absolute atomic E-state index is 11.8. The van der Waals surface area contributed by atoms with Gasteiger partial charge in [-0.05, 0) is 59.7 Å². The Hall–Kier alpha value is -3.48. The monoisotopic (exact) mass is 536 g/mol. The van der Waals surface area contributed by atoms with Crippen LogP contribution in [0.4, 0.5) is 22.7 Å². The molecule has 0 spiro atoms. The van der Waals surface area contributed by atoms with E-state index in [1.807, 2.05) is 0 Å². The van der Waals surface area contributed by atoms with Crippen LogP contribution in [0.15, 0.2) is 60.7 Å². The first-order chi connectivity index (χ1) is 19.4. The minimum absolute atomic E-state index is 0.268. The van der Waals surface area contributed by atoms with Gasteiger partial charge in [0.1, 0.15) is 11.3 Å². The van der Waals surface area contributed by atoms with Crippen molar-refractivity contribution < 1.29 is 10.2 Å². The van der Waals surface area contributed by atoms with E-state index in [0.717, 1.165) is 81.1 Å². The molecule has 7 rings (SSSR count). The van der Waals surface area contributed by atoms with E-state index >= 15 is 0 Å². The van der Waals surface area contributed by atoms with Crippen LogP contribution in [0.3, 0.4) is 0 Å². The van der Waals surface area contributed by atoms with Crippen LogP contribution >= 0.6 is 0 Å². The highest BCUT2D eigenvalue weighted by Crippen LogP contribution is 2.56. The average molecular weight is 537 g/mol. The van der Waals surface area contributed by atoms with Gasteiger partial charge in [-0.1, -0.05) is 76.2 Å². The van der Waals surface area contributed by atoms with Gasteiger partial charge < -0.3 is 31.5 Å². The normalized spacial score (nSPS) is 25.4. The van der Waals surface area contributed by atoms with Crippen LogP contribution in [-0.2, 0) is 0 Å². The summed E-state index contributed by atoms with van der Waals surface area (Å²) in [6, 6.07) is 21.2. The van der Waals surface area contributed by atoms with Crippen molar-refractivity contribution in [3.63, 3.8) is 0 Å². The molecule has 0 bridgehead atoms. The zero-order chi connectivity index (χ0) is 27.8. The molecule has 208 valence electrons. The summed E-state index contributed by atoms with van der Waals surface area (Å²) >= 11 is 0. The lowest BCUT2D eigenvalue weighted by Crippen LogP contribution is -2.54. The molecule has 1 fully saturated rings. The van der Waals surface area contributed by atoms with Gasteiger partial charge >= 0.3 is 0 Å². The quantitative estimate of drug-likeness (QED) is 0.155. The van der Waals surface area contributed by atoms with E-state index < -0.39 is 12.2 Å². The van der Waals surface area contributed by atoms with Crippen molar-refractivity contribution in [1.29, 1.82) is 0 Å². The van der Waals surface area contributed by atoms with Crippen LogP contribution in [-0.4, -0.2) is 33.7 Å². The highest BCUT2D eigenvalue weighted by molar-refractivity contribution is 6.08. The minimum atomic E-state index is -0.708. The molecule has 2 aliphatic heterocycles. The third kappa shape index (κ3) is 3.42. The van der Waals surface area contributed by atoms with Crippen molar-refractivity contribution in [3.05, 3.63) is 71.8 Å². The zero-order valence-corrected chi connectivity index (χ0v) is 23.8. The molecule has 6 heteroatoms. The fraction of sp³-hybridized carbons (Fsp3) is 0.412. The Morgan fingerprint density at radius 3 is 1.32 bits per heavy atom.